The van der Waals surface area contributed by atoms with E-state index in [0.717, 1.165) is 16.1 Å². The Morgan fingerprint density at radius 1 is 1.32 bits per heavy atom. The van der Waals surface area contributed by atoms with Crippen LogP contribution in [0, 0.1) is 0 Å². The van der Waals surface area contributed by atoms with Crippen molar-refractivity contribution in [1.82, 2.24) is 15.2 Å². The first-order valence-corrected chi connectivity index (χ1v) is 9.37. The Bertz CT molecular complexity index is 895. The third-order valence-electron chi connectivity index (χ3n) is 3.85. The number of alkyl halides is 2. The average Bonchev–Trinajstić information content (AvgIpc) is 3.35. The van der Waals surface area contributed by atoms with Gasteiger partial charge < -0.3 is 19.4 Å². The van der Waals surface area contributed by atoms with Crippen molar-refractivity contribution >= 4 is 17.3 Å². The lowest BCUT2D eigenvalue weighted by Crippen LogP contribution is -2.38. The number of guanidine groups is 1. The summed E-state index contributed by atoms with van der Waals surface area (Å²) in [4.78, 5) is 11.6. The maximum atomic E-state index is 12.2. The first-order chi connectivity index (χ1) is 13.5. The zero-order valence-electron chi connectivity index (χ0n) is 15.4. The second-order valence-electron chi connectivity index (χ2n) is 5.90. The molecule has 0 radical (unpaired) electrons. The van der Waals surface area contributed by atoms with Crippen LogP contribution in [0.25, 0.3) is 10.8 Å². The SMILES string of the molecule is CN=C(NCc1coc(-c2cccs2)n1)N(C)Cc1ccc(OC(F)F)cc1. The van der Waals surface area contributed by atoms with Crippen LogP contribution in [0.3, 0.4) is 0 Å². The summed E-state index contributed by atoms with van der Waals surface area (Å²) >= 11 is 1.57. The van der Waals surface area contributed by atoms with Gasteiger partial charge in [0.05, 0.1) is 17.1 Å². The normalized spacial score (nSPS) is 11.7. The number of nitrogens with zero attached hydrogens (tertiary/aromatic N) is 3. The van der Waals surface area contributed by atoms with E-state index < -0.39 is 6.61 Å². The monoisotopic (exact) mass is 406 g/mol. The molecule has 3 rings (SSSR count). The molecule has 0 fully saturated rings. The van der Waals surface area contributed by atoms with Crippen LogP contribution in [-0.2, 0) is 13.1 Å². The number of aliphatic imine (C=N–C) groups is 1. The Kier molecular flexibility index (Phi) is 6.59. The molecule has 2 aromatic heterocycles. The molecule has 0 bridgehead atoms. The Hall–Kier alpha value is -2.94. The van der Waals surface area contributed by atoms with Gasteiger partial charge >= 0.3 is 6.61 Å². The molecular weight excluding hydrogens is 386 g/mol. The molecule has 0 saturated heterocycles. The van der Waals surface area contributed by atoms with E-state index in [1.807, 2.05) is 29.5 Å². The minimum absolute atomic E-state index is 0.136. The van der Waals surface area contributed by atoms with Crippen molar-refractivity contribution in [2.75, 3.05) is 14.1 Å². The molecule has 28 heavy (non-hydrogen) atoms. The maximum Gasteiger partial charge on any atom is 0.387 e. The molecule has 3 aromatic rings. The van der Waals surface area contributed by atoms with E-state index in [4.69, 9.17) is 4.42 Å². The van der Waals surface area contributed by atoms with E-state index in [1.54, 1.807) is 36.8 Å². The Labute approximate surface area is 165 Å². The van der Waals surface area contributed by atoms with Crippen LogP contribution in [0.4, 0.5) is 8.78 Å². The topological polar surface area (TPSA) is 62.9 Å². The van der Waals surface area contributed by atoms with Crippen LogP contribution in [0.15, 0.2) is 57.5 Å². The zero-order valence-corrected chi connectivity index (χ0v) is 16.2. The molecular formula is C19H20F2N4O2S. The highest BCUT2D eigenvalue weighted by atomic mass is 32.1. The fourth-order valence-corrected chi connectivity index (χ4v) is 3.24. The number of thiophene rings is 1. The van der Waals surface area contributed by atoms with Crippen molar-refractivity contribution in [1.29, 1.82) is 0 Å². The summed E-state index contributed by atoms with van der Waals surface area (Å²) in [7, 11) is 3.58. The number of aromatic nitrogens is 1. The van der Waals surface area contributed by atoms with E-state index in [-0.39, 0.29) is 5.75 Å². The molecule has 0 atom stereocenters. The number of ether oxygens (including phenoxy) is 1. The lowest BCUT2D eigenvalue weighted by molar-refractivity contribution is -0.0498. The fraction of sp³-hybridized carbons (Fsp3) is 0.263. The van der Waals surface area contributed by atoms with Gasteiger partial charge in [0.25, 0.3) is 0 Å². The predicted molar refractivity (Wildman–Crippen MR) is 105 cm³/mol. The van der Waals surface area contributed by atoms with Gasteiger partial charge in [-0.2, -0.15) is 8.78 Å². The number of nitrogens with one attached hydrogen (secondary N) is 1. The van der Waals surface area contributed by atoms with Gasteiger partial charge in [0.2, 0.25) is 5.89 Å². The molecule has 6 nitrogen and oxygen atoms in total. The number of hydrogen-bond acceptors (Lipinski definition) is 5. The van der Waals surface area contributed by atoms with E-state index in [1.165, 1.54) is 12.1 Å². The average molecular weight is 406 g/mol. The van der Waals surface area contributed by atoms with Crippen LogP contribution in [0.1, 0.15) is 11.3 Å². The van der Waals surface area contributed by atoms with Gasteiger partial charge in [0.1, 0.15) is 12.0 Å². The van der Waals surface area contributed by atoms with Gasteiger partial charge in [0.15, 0.2) is 5.96 Å². The molecule has 0 aliphatic heterocycles. The zero-order chi connectivity index (χ0) is 19.9. The van der Waals surface area contributed by atoms with Crippen molar-refractivity contribution in [3.8, 4) is 16.5 Å². The van der Waals surface area contributed by atoms with Crippen LogP contribution >= 0.6 is 11.3 Å². The predicted octanol–water partition coefficient (Wildman–Crippen LogP) is 4.21. The molecule has 1 aromatic carbocycles. The quantitative estimate of drug-likeness (QED) is 0.470. The van der Waals surface area contributed by atoms with Gasteiger partial charge in [-0.25, -0.2) is 4.98 Å². The highest BCUT2D eigenvalue weighted by Gasteiger charge is 2.11. The number of rotatable bonds is 7. The van der Waals surface area contributed by atoms with E-state index in [2.05, 4.69) is 20.0 Å². The summed E-state index contributed by atoms with van der Waals surface area (Å²) in [5.74, 6) is 1.41. The van der Waals surface area contributed by atoms with Crippen molar-refractivity contribution in [2.45, 2.75) is 19.7 Å². The van der Waals surface area contributed by atoms with Crippen LogP contribution in [-0.4, -0.2) is 36.6 Å². The Morgan fingerprint density at radius 2 is 2.11 bits per heavy atom. The van der Waals surface area contributed by atoms with Crippen LogP contribution < -0.4 is 10.1 Å². The lowest BCUT2D eigenvalue weighted by atomic mass is 10.2. The van der Waals surface area contributed by atoms with Gasteiger partial charge in [-0.1, -0.05) is 18.2 Å². The van der Waals surface area contributed by atoms with Crippen molar-refractivity contribution in [3.05, 3.63) is 59.3 Å². The molecule has 1 N–H and O–H groups in total. The van der Waals surface area contributed by atoms with Crippen molar-refractivity contribution in [2.24, 2.45) is 4.99 Å². The molecule has 0 unspecified atom stereocenters. The molecule has 0 aliphatic rings. The highest BCUT2D eigenvalue weighted by molar-refractivity contribution is 7.13. The summed E-state index contributed by atoms with van der Waals surface area (Å²) in [5.41, 5.74) is 1.71. The van der Waals surface area contributed by atoms with Crippen LogP contribution in [0.5, 0.6) is 5.75 Å². The molecule has 2 heterocycles. The second-order valence-corrected chi connectivity index (χ2v) is 6.85. The summed E-state index contributed by atoms with van der Waals surface area (Å²) in [6.07, 6.45) is 1.62. The molecule has 0 saturated carbocycles. The summed E-state index contributed by atoms with van der Waals surface area (Å²) < 4.78 is 34.3. The number of halogens is 2. The Balaban J connectivity index is 1.54. The minimum Gasteiger partial charge on any atom is -0.443 e. The lowest BCUT2D eigenvalue weighted by Gasteiger charge is -2.22. The highest BCUT2D eigenvalue weighted by Crippen LogP contribution is 2.23. The number of benzene rings is 1. The van der Waals surface area contributed by atoms with Gasteiger partial charge in [0, 0.05) is 20.6 Å². The third kappa shape index (κ3) is 5.29. The molecule has 148 valence electrons. The first kappa shape index (κ1) is 19.8. The van der Waals surface area contributed by atoms with Crippen molar-refractivity contribution < 1.29 is 17.9 Å². The maximum absolute atomic E-state index is 12.2. The fourth-order valence-electron chi connectivity index (χ4n) is 2.58. The Morgan fingerprint density at radius 3 is 2.75 bits per heavy atom. The molecule has 0 aliphatic carbocycles. The number of hydrogen-bond donors (Lipinski definition) is 1. The van der Waals surface area contributed by atoms with Gasteiger partial charge in [-0.05, 0) is 29.1 Å². The smallest absolute Gasteiger partial charge is 0.387 e. The standard InChI is InChI=1S/C19H20F2N4O2S/c1-22-19(23-10-14-12-26-17(24-14)16-4-3-9-28-16)25(2)11-13-5-7-15(8-6-13)27-18(20)21/h3-9,12,18H,10-11H2,1-2H3,(H,22,23). The summed E-state index contributed by atoms with van der Waals surface area (Å²) in [6, 6.07) is 10.4. The summed E-state index contributed by atoms with van der Waals surface area (Å²) in [6.45, 7) is -1.81. The largest absolute Gasteiger partial charge is 0.443 e. The second kappa shape index (κ2) is 9.32. The summed E-state index contributed by atoms with van der Waals surface area (Å²) in [5, 5.41) is 5.21. The minimum atomic E-state index is -2.83. The van der Waals surface area contributed by atoms with Crippen LogP contribution in [0.2, 0.25) is 0 Å². The molecule has 0 amide bonds. The van der Waals surface area contributed by atoms with E-state index >= 15 is 0 Å². The van der Waals surface area contributed by atoms with Crippen molar-refractivity contribution in [3.63, 3.8) is 0 Å². The van der Waals surface area contributed by atoms with E-state index in [0.29, 0.717) is 24.9 Å². The first-order valence-electron chi connectivity index (χ1n) is 8.49. The van der Waals surface area contributed by atoms with Gasteiger partial charge in [-0.3, -0.25) is 4.99 Å². The molecule has 9 heteroatoms. The van der Waals surface area contributed by atoms with Gasteiger partial charge in [-0.15, -0.1) is 11.3 Å². The molecule has 0 spiro atoms. The third-order valence-corrected chi connectivity index (χ3v) is 4.71. The van der Waals surface area contributed by atoms with E-state index in [9.17, 15) is 8.78 Å². The number of oxazole rings is 1.